The zero-order chi connectivity index (χ0) is 10.1. The number of hydrogen-bond donors (Lipinski definition) is 1. The van der Waals surface area contributed by atoms with E-state index in [1.807, 2.05) is 0 Å². The van der Waals surface area contributed by atoms with E-state index >= 15 is 0 Å². The van der Waals surface area contributed by atoms with Crippen LogP contribution in [0.3, 0.4) is 0 Å². The molecule has 0 radical (unpaired) electrons. The molecule has 0 amide bonds. The number of esters is 1. The molecule has 0 aromatic heterocycles. The molecule has 1 aromatic carbocycles. The maximum absolute atomic E-state index is 11.4. The van der Waals surface area contributed by atoms with Crippen molar-refractivity contribution in [1.82, 2.24) is 0 Å². The molecule has 0 bridgehead atoms. The molecular weight excluding hydrogens is 202 g/mol. The van der Waals surface area contributed by atoms with Gasteiger partial charge in [-0.05, 0) is 24.1 Å². The molecule has 0 atom stereocenters. The second-order valence-corrected chi connectivity index (χ2v) is 3.52. The number of rotatable bonds is 1. The standard InChI is InChI=1S/C10H10ClNO2/c1-14-10(13)7-2-3-8(11)6-4-5-12-9(6)7/h2-3,12H,4-5H2,1H3. The van der Waals surface area contributed by atoms with Crippen LogP contribution in [0.4, 0.5) is 5.69 Å². The monoisotopic (exact) mass is 211 g/mol. The fraction of sp³-hybridized carbons (Fsp3) is 0.300. The second kappa shape index (κ2) is 3.50. The Morgan fingerprint density at radius 3 is 3.07 bits per heavy atom. The van der Waals surface area contributed by atoms with Gasteiger partial charge in [0.25, 0.3) is 0 Å². The molecule has 0 saturated heterocycles. The van der Waals surface area contributed by atoms with Crippen molar-refractivity contribution in [2.75, 3.05) is 19.0 Å². The van der Waals surface area contributed by atoms with Gasteiger partial charge in [-0.15, -0.1) is 0 Å². The van der Waals surface area contributed by atoms with E-state index in [4.69, 9.17) is 11.6 Å². The van der Waals surface area contributed by atoms with Crippen molar-refractivity contribution in [3.8, 4) is 0 Å². The Hall–Kier alpha value is -1.22. The van der Waals surface area contributed by atoms with Gasteiger partial charge in [0.15, 0.2) is 0 Å². The molecule has 1 aliphatic heterocycles. The molecule has 1 N–H and O–H groups in total. The van der Waals surface area contributed by atoms with Crippen LogP contribution in [0.5, 0.6) is 0 Å². The van der Waals surface area contributed by atoms with Crippen molar-refractivity contribution in [3.63, 3.8) is 0 Å². The van der Waals surface area contributed by atoms with Crippen LogP contribution in [0, 0.1) is 0 Å². The number of carbonyl (C=O) groups is 1. The van der Waals surface area contributed by atoms with Crippen LogP contribution in [0.25, 0.3) is 0 Å². The Morgan fingerprint density at radius 1 is 1.57 bits per heavy atom. The number of nitrogens with one attached hydrogen (secondary N) is 1. The van der Waals surface area contributed by atoms with Crippen LogP contribution < -0.4 is 5.32 Å². The summed E-state index contributed by atoms with van der Waals surface area (Å²) in [5, 5.41) is 3.85. The number of anilines is 1. The van der Waals surface area contributed by atoms with Gasteiger partial charge in [-0.1, -0.05) is 11.6 Å². The number of hydrogen-bond acceptors (Lipinski definition) is 3. The SMILES string of the molecule is COC(=O)c1ccc(Cl)c2c1NCC2. The first-order chi connectivity index (χ1) is 6.74. The molecule has 0 spiro atoms. The predicted molar refractivity (Wildman–Crippen MR) is 55.0 cm³/mol. The van der Waals surface area contributed by atoms with Crippen LogP contribution in [-0.2, 0) is 11.2 Å². The molecule has 0 fully saturated rings. The molecule has 3 nitrogen and oxygen atoms in total. The first kappa shape index (κ1) is 9.34. The first-order valence-corrected chi connectivity index (χ1v) is 4.75. The predicted octanol–water partition coefficient (Wildman–Crippen LogP) is 2.09. The average Bonchev–Trinajstić information content (AvgIpc) is 2.67. The van der Waals surface area contributed by atoms with Crippen molar-refractivity contribution in [1.29, 1.82) is 0 Å². The van der Waals surface area contributed by atoms with Crippen molar-refractivity contribution in [3.05, 3.63) is 28.3 Å². The van der Waals surface area contributed by atoms with E-state index in [0.717, 1.165) is 24.2 Å². The lowest BCUT2D eigenvalue weighted by Gasteiger charge is -2.07. The quantitative estimate of drug-likeness (QED) is 0.723. The van der Waals surface area contributed by atoms with Crippen molar-refractivity contribution in [2.45, 2.75) is 6.42 Å². The van der Waals surface area contributed by atoms with Gasteiger partial charge >= 0.3 is 5.97 Å². The third-order valence-electron chi connectivity index (χ3n) is 2.34. The van der Waals surface area contributed by atoms with Gasteiger partial charge in [-0.25, -0.2) is 4.79 Å². The normalized spacial score (nSPS) is 13.3. The van der Waals surface area contributed by atoms with Crippen molar-refractivity contribution in [2.24, 2.45) is 0 Å². The molecule has 14 heavy (non-hydrogen) atoms. The lowest BCUT2D eigenvalue weighted by Crippen LogP contribution is -2.05. The Labute approximate surface area is 87.0 Å². The summed E-state index contributed by atoms with van der Waals surface area (Å²) >= 11 is 6.00. The zero-order valence-electron chi connectivity index (χ0n) is 7.76. The maximum atomic E-state index is 11.4. The summed E-state index contributed by atoms with van der Waals surface area (Å²) in [6.07, 6.45) is 0.860. The van der Waals surface area contributed by atoms with E-state index in [0.29, 0.717) is 10.6 Å². The number of carbonyl (C=O) groups excluding carboxylic acids is 1. The summed E-state index contributed by atoms with van der Waals surface area (Å²) < 4.78 is 4.68. The molecule has 2 rings (SSSR count). The van der Waals surface area contributed by atoms with E-state index in [-0.39, 0.29) is 5.97 Å². The summed E-state index contributed by atoms with van der Waals surface area (Å²) in [6.45, 7) is 0.822. The van der Waals surface area contributed by atoms with Crippen LogP contribution in [-0.4, -0.2) is 19.6 Å². The van der Waals surface area contributed by atoms with Gasteiger partial charge in [0.1, 0.15) is 0 Å². The highest BCUT2D eigenvalue weighted by molar-refractivity contribution is 6.32. The average molecular weight is 212 g/mol. The summed E-state index contributed by atoms with van der Waals surface area (Å²) in [4.78, 5) is 11.4. The van der Waals surface area contributed by atoms with Crippen LogP contribution in [0.2, 0.25) is 5.02 Å². The molecular formula is C10H10ClNO2. The molecule has 1 aliphatic rings. The van der Waals surface area contributed by atoms with E-state index in [1.165, 1.54) is 7.11 Å². The summed E-state index contributed by atoms with van der Waals surface area (Å²) in [5.41, 5.74) is 2.39. The number of halogens is 1. The molecule has 0 saturated carbocycles. The van der Waals surface area contributed by atoms with Crippen molar-refractivity contribution >= 4 is 23.3 Å². The third-order valence-corrected chi connectivity index (χ3v) is 2.69. The highest BCUT2D eigenvalue weighted by atomic mass is 35.5. The molecule has 74 valence electrons. The minimum Gasteiger partial charge on any atom is -0.465 e. The second-order valence-electron chi connectivity index (χ2n) is 3.12. The van der Waals surface area contributed by atoms with E-state index < -0.39 is 0 Å². The van der Waals surface area contributed by atoms with Crippen LogP contribution >= 0.6 is 11.6 Å². The van der Waals surface area contributed by atoms with Gasteiger partial charge in [0, 0.05) is 11.6 Å². The molecule has 1 heterocycles. The first-order valence-electron chi connectivity index (χ1n) is 4.37. The fourth-order valence-electron chi connectivity index (χ4n) is 1.66. The van der Waals surface area contributed by atoms with Gasteiger partial charge < -0.3 is 10.1 Å². The van der Waals surface area contributed by atoms with Crippen LogP contribution in [0.15, 0.2) is 12.1 Å². The summed E-state index contributed by atoms with van der Waals surface area (Å²) in [6, 6.07) is 3.42. The molecule has 4 heteroatoms. The van der Waals surface area contributed by atoms with Gasteiger partial charge in [0.2, 0.25) is 0 Å². The van der Waals surface area contributed by atoms with Gasteiger partial charge in [-0.3, -0.25) is 0 Å². The Bertz CT molecular complexity index is 390. The minimum atomic E-state index is -0.327. The zero-order valence-corrected chi connectivity index (χ0v) is 8.52. The fourth-order valence-corrected chi connectivity index (χ4v) is 1.91. The lowest BCUT2D eigenvalue weighted by atomic mass is 10.1. The number of benzene rings is 1. The molecule has 0 aliphatic carbocycles. The summed E-state index contributed by atoms with van der Waals surface area (Å²) in [7, 11) is 1.37. The summed E-state index contributed by atoms with van der Waals surface area (Å²) in [5.74, 6) is -0.327. The smallest absolute Gasteiger partial charge is 0.339 e. The highest BCUT2D eigenvalue weighted by Crippen LogP contribution is 2.32. The van der Waals surface area contributed by atoms with Crippen LogP contribution in [0.1, 0.15) is 15.9 Å². The van der Waals surface area contributed by atoms with E-state index in [1.54, 1.807) is 12.1 Å². The Kier molecular flexibility index (Phi) is 2.33. The van der Waals surface area contributed by atoms with E-state index in [9.17, 15) is 4.79 Å². The largest absolute Gasteiger partial charge is 0.465 e. The Balaban J connectivity index is 2.53. The van der Waals surface area contributed by atoms with Gasteiger partial charge in [0.05, 0.1) is 18.4 Å². The minimum absolute atomic E-state index is 0.327. The Morgan fingerprint density at radius 2 is 2.36 bits per heavy atom. The van der Waals surface area contributed by atoms with Crippen molar-refractivity contribution < 1.29 is 9.53 Å². The highest BCUT2D eigenvalue weighted by Gasteiger charge is 2.21. The van der Waals surface area contributed by atoms with E-state index in [2.05, 4.69) is 10.1 Å². The topological polar surface area (TPSA) is 38.3 Å². The number of fused-ring (bicyclic) bond motifs is 1. The third kappa shape index (κ3) is 1.34. The number of ether oxygens (including phenoxy) is 1. The number of methoxy groups -OCH3 is 1. The molecule has 1 aromatic rings. The lowest BCUT2D eigenvalue weighted by molar-refractivity contribution is 0.0602. The van der Waals surface area contributed by atoms with Gasteiger partial charge in [-0.2, -0.15) is 0 Å². The maximum Gasteiger partial charge on any atom is 0.339 e. The molecule has 0 unspecified atom stereocenters.